The Morgan fingerprint density at radius 3 is 2.46 bits per heavy atom. The molecule has 0 N–H and O–H groups in total. The van der Waals surface area contributed by atoms with Gasteiger partial charge in [-0.2, -0.15) is 0 Å². The standard InChI is InChI=1S/C29H35NO5/c1-7-34-27-14-28-24(25(17-35-28)23-12-21(32-5)8-9-26(23)33-6)13-22(27)20(4)11-29(31)30-15-18(2)10-19(3)16-30/h8-9,11-14,17-19H,7,10,15-16H2,1-6H3/b20-11+. The molecule has 0 saturated carbocycles. The van der Waals surface area contributed by atoms with E-state index >= 15 is 0 Å². The molecule has 0 radical (unpaired) electrons. The summed E-state index contributed by atoms with van der Waals surface area (Å²) in [5.74, 6) is 3.22. The molecule has 1 aliphatic heterocycles. The van der Waals surface area contributed by atoms with Gasteiger partial charge in [-0.15, -0.1) is 0 Å². The first kappa shape index (κ1) is 24.7. The van der Waals surface area contributed by atoms with Crippen LogP contribution < -0.4 is 14.2 Å². The highest BCUT2D eigenvalue weighted by atomic mass is 16.5. The van der Waals surface area contributed by atoms with Gasteiger partial charge in [0.15, 0.2) is 0 Å². The number of benzene rings is 2. The number of amides is 1. The molecular weight excluding hydrogens is 442 g/mol. The Kier molecular flexibility index (Phi) is 7.39. The Morgan fingerprint density at radius 2 is 1.80 bits per heavy atom. The number of nitrogens with zero attached hydrogens (tertiary/aromatic N) is 1. The maximum atomic E-state index is 13.2. The van der Waals surface area contributed by atoms with Crippen LogP contribution in [-0.2, 0) is 4.79 Å². The molecule has 0 spiro atoms. The molecule has 1 saturated heterocycles. The normalized spacial score (nSPS) is 18.6. The first-order chi connectivity index (χ1) is 16.8. The van der Waals surface area contributed by atoms with Gasteiger partial charge in [-0.25, -0.2) is 0 Å². The summed E-state index contributed by atoms with van der Waals surface area (Å²) in [7, 11) is 3.29. The van der Waals surface area contributed by atoms with Gasteiger partial charge in [-0.3, -0.25) is 4.79 Å². The smallest absolute Gasteiger partial charge is 0.246 e. The topological polar surface area (TPSA) is 61.1 Å². The Labute approximate surface area is 207 Å². The average molecular weight is 478 g/mol. The van der Waals surface area contributed by atoms with E-state index < -0.39 is 0 Å². The molecule has 6 heteroatoms. The van der Waals surface area contributed by atoms with Crippen molar-refractivity contribution in [2.75, 3.05) is 33.9 Å². The minimum absolute atomic E-state index is 0.0466. The molecule has 3 aromatic rings. The Bertz CT molecular complexity index is 1230. The van der Waals surface area contributed by atoms with Crippen molar-refractivity contribution in [1.29, 1.82) is 0 Å². The molecule has 2 atom stereocenters. The summed E-state index contributed by atoms with van der Waals surface area (Å²) >= 11 is 0. The predicted molar refractivity (Wildman–Crippen MR) is 139 cm³/mol. The lowest BCUT2D eigenvalue weighted by Gasteiger charge is -2.34. The number of piperidine rings is 1. The lowest BCUT2D eigenvalue weighted by atomic mass is 9.91. The largest absolute Gasteiger partial charge is 0.497 e. The molecule has 186 valence electrons. The zero-order valence-corrected chi connectivity index (χ0v) is 21.5. The van der Waals surface area contributed by atoms with E-state index in [1.165, 1.54) is 0 Å². The fourth-order valence-corrected chi connectivity index (χ4v) is 5.07. The Balaban J connectivity index is 1.78. The number of methoxy groups -OCH3 is 2. The van der Waals surface area contributed by atoms with E-state index in [-0.39, 0.29) is 5.91 Å². The number of fused-ring (bicyclic) bond motifs is 1. The van der Waals surface area contributed by atoms with Crippen molar-refractivity contribution in [3.05, 3.63) is 48.2 Å². The molecule has 1 aliphatic rings. The number of hydrogen-bond acceptors (Lipinski definition) is 5. The second-order valence-electron chi connectivity index (χ2n) is 9.51. The highest BCUT2D eigenvalue weighted by molar-refractivity contribution is 6.01. The third-order valence-electron chi connectivity index (χ3n) is 6.62. The van der Waals surface area contributed by atoms with E-state index in [1.54, 1.807) is 26.6 Å². The highest BCUT2D eigenvalue weighted by Gasteiger charge is 2.25. The summed E-state index contributed by atoms with van der Waals surface area (Å²) in [6.07, 6.45) is 4.62. The Hall–Kier alpha value is -3.41. The van der Waals surface area contributed by atoms with Gasteiger partial charge in [0.2, 0.25) is 5.91 Å². The lowest BCUT2D eigenvalue weighted by Crippen LogP contribution is -2.41. The van der Waals surface area contributed by atoms with Crippen LogP contribution in [0.25, 0.3) is 27.7 Å². The summed E-state index contributed by atoms with van der Waals surface area (Å²) in [5, 5.41) is 0.912. The summed E-state index contributed by atoms with van der Waals surface area (Å²) < 4.78 is 22.9. The van der Waals surface area contributed by atoms with Gasteiger partial charge in [0, 0.05) is 47.3 Å². The van der Waals surface area contributed by atoms with Crippen molar-refractivity contribution < 1.29 is 23.4 Å². The number of carbonyl (C=O) groups excluding carboxylic acids is 1. The molecule has 2 aromatic carbocycles. The van der Waals surface area contributed by atoms with E-state index in [1.807, 2.05) is 49.1 Å². The second kappa shape index (κ2) is 10.5. The number of rotatable bonds is 7. The minimum atomic E-state index is 0.0466. The van der Waals surface area contributed by atoms with Gasteiger partial charge in [0.25, 0.3) is 0 Å². The number of furan rings is 1. The molecule has 4 rings (SSSR count). The highest BCUT2D eigenvalue weighted by Crippen LogP contribution is 2.41. The summed E-state index contributed by atoms with van der Waals surface area (Å²) in [6, 6.07) is 9.62. The van der Waals surface area contributed by atoms with E-state index in [9.17, 15) is 4.79 Å². The second-order valence-corrected chi connectivity index (χ2v) is 9.51. The van der Waals surface area contributed by atoms with Gasteiger partial charge in [-0.05, 0) is 61.9 Å². The van der Waals surface area contributed by atoms with Crippen LogP contribution in [0.2, 0.25) is 0 Å². The van der Waals surface area contributed by atoms with Crippen molar-refractivity contribution in [2.24, 2.45) is 11.8 Å². The predicted octanol–water partition coefficient (Wildman–Crippen LogP) is 6.42. The van der Waals surface area contributed by atoms with Gasteiger partial charge in [0.05, 0.1) is 27.1 Å². The SMILES string of the molecule is CCOc1cc2occ(-c3cc(OC)ccc3OC)c2cc1/C(C)=C/C(=O)N1CC(C)CC(C)C1. The van der Waals surface area contributed by atoms with E-state index in [4.69, 9.17) is 18.6 Å². The van der Waals surface area contributed by atoms with Gasteiger partial charge in [0.1, 0.15) is 22.8 Å². The van der Waals surface area contributed by atoms with Crippen molar-refractivity contribution >= 4 is 22.4 Å². The lowest BCUT2D eigenvalue weighted by molar-refractivity contribution is -0.128. The van der Waals surface area contributed by atoms with Crippen LogP contribution >= 0.6 is 0 Å². The zero-order valence-electron chi connectivity index (χ0n) is 21.5. The summed E-state index contributed by atoms with van der Waals surface area (Å²) in [5.41, 5.74) is 4.19. The van der Waals surface area contributed by atoms with Gasteiger partial charge < -0.3 is 23.5 Å². The van der Waals surface area contributed by atoms with Crippen molar-refractivity contribution in [1.82, 2.24) is 4.90 Å². The summed E-state index contributed by atoms with van der Waals surface area (Å²) in [4.78, 5) is 15.1. The zero-order chi connectivity index (χ0) is 25.1. The number of ether oxygens (including phenoxy) is 3. The number of allylic oxidation sites excluding steroid dienone is 1. The number of hydrogen-bond donors (Lipinski definition) is 0. The summed E-state index contributed by atoms with van der Waals surface area (Å²) in [6.45, 7) is 10.4. The quantitative estimate of drug-likeness (QED) is 0.367. The molecule has 35 heavy (non-hydrogen) atoms. The van der Waals surface area contributed by atoms with E-state index in [0.717, 1.165) is 58.7 Å². The third-order valence-corrected chi connectivity index (χ3v) is 6.62. The van der Waals surface area contributed by atoms with Crippen LogP contribution in [0.4, 0.5) is 0 Å². The Morgan fingerprint density at radius 1 is 1.06 bits per heavy atom. The van der Waals surface area contributed by atoms with E-state index in [2.05, 4.69) is 13.8 Å². The maximum absolute atomic E-state index is 13.2. The van der Waals surface area contributed by atoms with Crippen LogP contribution in [0, 0.1) is 11.8 Å². The molecule has 2 heterocycles. The van der Waals surface area contributed by atoms with Crippen LogP contribution in [0.3, 0.4) is 0 Å². The third kappa shape index (κ3) is 5.16. The van der Waals surface area contributed by atoms with Gasteiger partial charge in [-0.1, -0.05) is 13.8 Å². The number of likely N-dealkylation sites (tertiary alicyclic amines) is 1. The molecule has 6 nitrogen and oxygen atoms in total. The molecule has 1 aromatic heterocycles. The molecule has 0 aliphatic carbocycles. The van der Waals surface area contributed by atoms with Gasteiger partial charge >= 0.3 is 0 Å². The minimum Gasteiger partial charge on any atom is -0.497 e. The number of carbonyl (C=O) groups is 1. The molecule has 0 bridgehead atoms. The maximum Gasteiger partial charge on any atom is 0.246 e. The molecule has 2 unspecified atom stereocenters. The van der Waals surface area contributed by atoms with Crippen molar-refractivity contribution in [2.45, 2.75) is 34.1 Å². The first-order valence-electron chi connectivity index (χ1n) is 12.2. The van der Waals surface area contributed by atoms with Crippen LogP contribution in [0.15, 0.2) is 47.1 Å². The van der Waals surface area contributed by atoms with Crippen molar-refractivity contribution in [3.63, 3.8) is 0 Å². The van der Waals surface area contributed by atoms with Crippen molar-refractivity contribution in [3.8, 4) is 28.4 Å². The van der Waals surface area contributed by atoms with Crippen LogP contribution in [-0.4, -0.2) is 44.7 Å². The average Bonchev–Trinajstić information content (AvgIpc) is 3.25. The molecule has 1 amide bonds. The van der Waals surface area contributed by atoms with Crippen LogP contribution in [0.5, 0.6) is 17.2 Å². The van der Waals surface area contributed by atoms with E-state index in [0.29, 0.717) is 29.8 Å². The fourth-order valence-electron chi connectivity index (χ4n) is 5.07. The molecular formula is C29H35NO5. The van der Waals surface area contributed by atoms with Crippen LogP contribution in [0.1, 0.15) is 39.7 Å². The first-order valence-corrected chi connectivity index (χ1v) is 12.2. The monoisotopic (exact) mass is 477 g/mol. The molecule has 1 fully saturated rings. The fraction of sp³-hybridized carbons (Fsp3) is 0.414.